The van der Waals surface area contributed by atoms with Gasteiger partial charge in [0.05, 0.1) is 18.8 Å². The fourth-order valence-corrected chi connectivity index (χ4v) is 2.15. The largest absolute Gasteiger partial charge is 0.388 e. The molecular weight excluding hydrogens is 257 g/mol. The molecule has 0 radical (unpaired) electrons. The minimum Gasteiger partial charge on any atom is -0.388 e. The highest BCUT2D eigenvalue weighted by Gasteiger charge is 2.20. The molecule has 4 heteroatoms. The van der Waals surface area contributed by atoms with Crippen molar-refractivity contribution in [3.8, 4) is 0 Å². The predicted octanol–water partition coefficient (Wildman–Crippen LogP) is 2.85. The quantitative estimate of drug-likeness (QED) is 0.796. The number of hydrogen-bond donors (Lipinski definition) is 1. The van der Waals surface area contributed by atoms with Crippen LogP contribution in [0.2, 0.25) is 0 Å². The standard InChI is InChI=1S/C16H26FNO2/c1-12(2)20-10-9-18(4)11-13(3)16(19)14-7-5-6-8-15(14)17/h5-8,12-13,16,19H,9-11H2,1-4H3. The molecule has 0 fully saturated rings. The van der Waals surface area contributed by atoms with Crippen molar-refractivity contribution >= 4 is 0 Å². The van der Waals surface area contributed by atoms with E-state index in [-0.39, 0.29) is 17.8 Å². The van der Waals surface area contributed by atoms with E-state index in [2.05, 4.69) is 4.90 Å². The molecule has 0 saturated carbocycles. The Morgan fingerprint density at radius 1 is 1.25 bits per heavy atom. The van der Waals surface area contributed by atoms with E-state index < -0.39 is 6.10 Å². The minimum absolute atomic E-state index is 0.0454. The molecule has 0 bridgehead atoms. The number of benzene rings is 1. The summed E-state index contributed by atoms with van der Waals surface area (Å²) in [5.74, 6) is -0.395. The van der Waals surface area contributed by atoms with Gasteiger partial charge in [0.2, 0.25) is 0 Å². The third-order valence-electron chi connectivity index (χ3n) is 3.29. The van der Waals surface area contributed by atoms with Crippen LogP contribution in [0.5, 0.6) is 0 Å². The number of nitrogens with zero attached hydrogens (tertiary/aromatic N) is 1. The molecule has 0 amide bonds. The first-order valence-electron chi connectivity index (χ1n) is 7.14. The Hall–Kier alpha value is -0.970. The first kappa shape index (κ1) is 17.1. The van der Waals surface area contributed by atoms with E-state index in [9.17, 15) is 9.50 Å². The number of likely N-dealkylation sites (N-methyl/N-ethyl adjacent to an activating group) is 1. The van der Waals surface area contributed by atoms with Gasteiger partial charge >= 0.3 is 0 Å². The molecule has 0 aliphatic heterocycles. The summed E-state index contributed by atoms with van der Waals surface area (Å²) in [6.07, 6.45) is -0.561. The van der Waals surface area contributed by atoms with Crippen molar-refractivity contribution in [1.82, 2.24) is 4.90 Å². The van der Waals surface area contributed by atoms with Gasteiger partial charge in [-0.3, -0.25) is 0 Å². The first-order chi connectivity index (χ1) is 9.41. The maximum atomic E-state index is 13.6. The van der Waals surface area contributed by atoms with E-state index in [0.29, 0.717) is 18.7 Å². The van der Waals surface area contributed by atoms with Gasteiger partial charge in [-0.05, 0) is 32.9 Å². The summed E-state index contributed by atoms with van der Waals surface area (Å²) in [5, 5.41) is 10.2. The average Bonchev–Trinajstić information content (AvgIpc) is 2.38. The van der Waals surface area contributed by atoms with Gasteiger partial charge in [-0.15, -0.1) is 0 Å². The van der Waals surface area contributed by atoms with Gasteiger partial charge in [0.15, 0.2) is 0 Å². The van der Waals surface area contributed by atoms with Gasteiger partial charge in [0, 0.05) is 18.7 Å². The van der Waals surface area contributed by atoms with E-state index in [1.807, 2.05) is 27.8 Å². The first-order valence-corrected chi connectivity index (χ1v) is 7.14. The molecule has 3 nitrogen and oxygen atoms in total. The SMILES string of the molecule is CC(C)OCCN(C)CC(C)C(O)c1ccccc1F. The second-order valence-electron chi connectivity index (χ2n) is 5.63. The third-order valence-corrected chi connectivity index (χ3v) is 3.29. The van der Waals surface area contributed by atoms with Gasteiger partial charge in [-0.1, -0.05) is 25.1 Å². The number of hydrogen-bond acceptors (Lipinski definition) is 3. The van der Waals surface area contributed by atoms with Crippen LogP contribution in [-0.4, -0.2) is 42.9 Å². The van der Waals surface area contributed by atoms with Crippen molar-refractivity contribution in [3.05, 3.63) is 35.6 Å². The molecular formula is C16H26FNO2. The van der Waals surface area contributed by atoms with Gasteiger partial charge in [0.25, 0.3) is 0 Å². The highest BCUT2D eigenvalue weighted by atomic mass is 19.1. The summed E-state index contributed by atoms with van der Waals surface area (Å²) in [5.41, 5.74) is 0.367. The molecule has 0 saturated heterocycles. The molecule has 0 aliphatic rings. The van der Waals surface area contributed by atoms with Crippen molar-refractivity contribution in [1.29, 1.82) is 0 Å². The van der Waals surface area contributed by atoms with E-state index >= 15 is 0 Å². The molecule has 0 spiro atoms. The Kier molecular flexibility index (Phi) is 7.13. The molecule has 2 unspecified atom stereocenters. The Labute approximate surface area is 121 Å². The lowest BCUT2D eigenvalue weighted by Gasteiger charge is -2.25. The van der Waals surface area contributed by atoms with E-state index in [4.69, 9.17) is 4.74 Å². The lowest BCUT2D eigenvalue weighted by Crippen LogP contribution is -2.31. The van der Waals surface area contributed by atoms with E-state index in [1.54, 1.807) is 18.2 Å². The summed E-state index contributed by atoms with van der Waals surface area (Å²) < 4.78 is 19.1. The molecule has 0 aliphatic carbocycles. The molecule has 114 valence electrons. The molecule has 0 heterocycles. The molecule has 1 rings (SSSR count). The monoisotopic (exact) mass is 283 g/mol. The zero-order chi connectivity index (χ0) is 15.1. The summed E-state index contributed by atoms with van der Waals surface area (Å²) in [4.78, 5) is 2.09. The molecule has 1 aromatic carbocycles. The second-order valence-corrected chi connectivity index (χ2v) is 5.63. The van der Waals surface area contributed by atoms with Gasteiger partial charge < -0.3 is 14.7 Å². The Bertz CT molecular complexity index is 398. The highest BCUT2D eigenvalue weighted by Crippen LogP contribution is 2.24. The lowest BCUT2D eigenvalue weighted by molar-refractivity contribution is 0.0496. The fourth-order valence-electron chi connectivity index (χ4n) is 2.15. The van der Waals surface area contributed by atoms with Gasteiger partial charge in [0.1, 0.15) is 5.82 Å². The van der Waals surface area contributed by atoms with Crippen LogP contribution in [0.25, 0.3) is 0 Å². The normalized spacial score (nSPS) is 14.8. The number of rotatable bonds is 8. The van der Waals surface area contributed by atoms with Crippen LogP contribution in [0, 0.1) is 11.7 Å². The van der Waals surface area contributed by atoms with Crippen molar-refractivity contribution in [2.45, 2.75) is 33.0 Å². The van der Waals surface area contributed by atoms with Crippen LogP contribution in [0.1, 0.15) is 32.4 Å². The van der Waals surface area contributed by atoms with Crippen LogP contribution in [-0.2, 0) is 4.74 Å². The van der Waals surface area contributed by atoms with Crippen molar-refractivity contribution in [2.75, 3.05) is 26.7 Å². The predicted molar refractivity (Wildman–Crippen MR) is 79.1 cm³/mol. The second kappa shape index (κ2) is 8.35. The minimum atomic E-state index is -0.787. The molecule has 0 aromatic heterocycles. The van der Waals surface area contributed by atoms with Crippen LogP contribution in [0.4, 0.5) is 4.39 Å². The molecule has 20 heavy (non-hydrogen) atoms. The van der Waals surface area contributed by atoms with E-state index in [1.165, 1.54) is 6.07 Å². The van der Waals surface area contributed by atoms with Crippen molar-refractivity contribution in [3.63, 3.8) is 0 Å². The zero-order valence-corrected chi connectivity index (χ0v) is 12.8. The maximum Gasteiger partial charge on any atom is 0.129 e. The van der Waals surface area contributed by atoms with Crippen LogP contribution in [0.15, 0.2) is 24.3 Å². The third kappa shape index (κ3) is 5.57. The van der Waals surface area contributed by atoms with Crippen LogP contribution >= 0.6 is 0 Å². The molecule has 2 atom stereocenters. The van der Waals surface area contributed by atoms with Crippen LogP contribution < -0.4 is 0 Å². The Balaban J connectivity index is 2.45. The van der Waals surface area contributed by atoms with Crippen molar-refractivity contribution in [2.24, 2.45) is 5.92 Å². The van der Waals surface area contributed by atoms with Gasteiger partial charge in [-0.25, -0.2) is 4.39 Å². The fraction of sp³-hybridized carbons (Fsp3) is 0.625. The topological polar surface area (TPSA) is 32.7 Å². The average molecular weight is 283 g/mol. The number of halogens is 1. The molecule has 1 aromatic rings. The summed E-state index contributed by atoms with van der Waals surface area (Å²) >= 11 is 0. The van der Waals surface area contributed by atoms with Crippen molar-refractivity contribution < 1.29 is 14.2 Å². The molecule has 1 N–H and O–H groups in total. The number of aliphatic hydroxyl groups is 1. The summed E-state index contributed by atoms with van der Waals surface area (Å²) in [7, 11) is 1.98. The Morgan fingerprint density at radius 2 is 1.90 bits per heavy atom. The van der Waals surface area contributed by atoms with Gasteiger partial charge in [-0.2, -0.15) is 0 Å². The Morgan fingerprint density at radius 3 is 2.50 bits per heavy atom. The van der Waals surface area contributed by atoms with Crippen LogP contribution in [0.3, 0.4) is 0 Å². The number of ether oxygens (including phenoxy) is 1. The zero-order valence-electron chi connectivity index (χ0n) is 12.8. The highest BCUT2D eigenvalue weighted by molar-refractivity contribution is 5.20. The lowest BCUT2D eigenvalue weighted by atomic mass is 9.96. The summed E-state index contributed by atoms with van der Waals surface area (Å²) in [6, 6.07) is 6.39. The van der Waals surface area contributed by atoms with E-state index in [0.717, 1.165) is 6.54 Å². The smallest absolute Gasteiger partial charge is 0.129 e. The maximum absolute atomic E-state index is 13.6. The summed E-state index contributed by atoms with van der Waals surface area (Å²) in [6.45, 7) is 8.09. The number of aliphatic hydroxyl groups excluding tert-OH is 1.